The first kappa shape index (κ1) is 21.1. The Labute approximate surface area is 172 Å². The van der Waals surface area contributed by atoms with Gasteiger partial charge in [-0.3, -0.25) is 9.69 Å². The van der Waals surface area contributed by atoms with Crippen molar-refractivity contribution in [2.24, 2.45) is 0 Å². The largest absolute Gasteiger partial charge is 0.491 e. The third-order valence-corrected chi connectivity index (χ3v) is 5.03. The van der Waals surface area contributed by atoms with Crippen molar-refractivity contribution in [2.75, 3.05) is 44.7 Å². The highest BCUT2D eigenvalue weighted by Gasteiger charge is 2.26. The molecule has 0 aliphatic carbocycles. The van der Waals surface area contributed by atoms with E-state index in [4.69, 9.17) is 9.47 Å². The molecule has 1 N–H and O–H groups in total. The molecule has 2 atom stereocenters. The Kier molecular flexibility index (Phi) is 7.12. The molecule has 1 aliphatic heterocycles. The molecule has 2 aromatic rings. The number of para-hydroxylation sites is 2. The first-order chi connectivity index (χ1) is 14.0. The maximum absolute atomic E-state index is 11.5. The van der Waals surface area contributed by atoms with E-state index in [1.54, 1.807) is 24.3 Å². The molecule has 1 heterocycles. The summed E-state index contributed by atoms with van der Waals surface area (Å²) < 4.78 is 11.8. The van der Waals surface area contributed by atoms with Gasteiger partial charge in [-0.2, -0.15) is 0 Å². The van der Waals surface area contributed by atoms with Gasteiger partial charge in [-0.05, 0) is 45.2 Å². The van der Waals surface area contributed by atoms with Crippen LogP contribution in [-0.4, -0.2) is 67.8 Å². The van der Waals surface area contributed by atoms with Crippen LogP contribution >= 0.6 is 0 Å². The summed E-state index contributed by atoms with van der Waals surface area (Å²) in [6, 6.07) is 15.1. The molecule has 0 unspecified atom stereocenters. The number of likely N-dealkylation sites (N-methyl/N-ethyl adjacent to an activating group) is 2. The summed E-state index contributed by atoms with van der Waals surface area (Å²) >= 11 is 0. The van der Waals surface area contributed by atoms with Crippen LogP contribution in [0.25, 0.3) is 0 Å². The highest BCUT2D eigenvalue weighted by molar-refractivity contribution is 5.94. The van der Waals surface area contributed by atoms with Gasteiger partial charge in [0, 0.05) is 25.2 Å². The van der Waals surface area contributed by atoms with Crippen molar-refractivity contribution in [1.82, 2.24) is 4.90 Å². The second-order valence-corrected chi connectivity index (χ2v) is 7.52. The molecule has 6 nitrogen and oxygen atoms in total. The molecule has 156 valence electrons. The van der Waals surface area contributed by atoms with E-state index in [9.17, 15) is 9.90 Å². The van der Waals surface area contributed by atoms with E-state index < -0.39 is 6.10 Å². The minimum Gasteiger partial charge on any atom is -0.491 e. The van der Waals surface area contributed by atoms with E-state index in [0.717, 1.165) is 24.5 Å². The highest BCUT2D eigenvalue weighted by Crippen LogP contribution is 2.32. The Balaban J connectivity index is 1.48. The molecule has 0 saturated carbocycles. The Morgan fingerprint density at radius 2 is 2.10 bits per heavy atom. The smallest absolute Gasteiger partial charge is 0.159 e. The summed E-state index contributed by atoms with van der Waals surface area (Å²) in [6.45, 7) is 6.76. The van der Waals surface area contributed by atoms with Crippen LogP contribution in [0.2, 0.25) is 0 Å². The molecule has 0 amide bonds. The number of anilines is 1. The minimum atomic E-state index is -0.640. The van der Waals surface area contributed by atoms with Crippen molar-refractivity contribution in [1.29, 1.82) is 0 Å². The zero-order valence-corrected chi connectivity index (χ0v) is 17.4. The standard InChI is InChI=1S/C23H30N2O4/c1-4-25-15-21(29-23-11-6-5-10-22(23)25)14-24(3)13-19(27)16-28-20-9-7-8-18(12-20)17(2)26/h5-12,19,21,27H,4,13-16H2,1-3H3/t19-,21-/m1/s1. The first-order valence-electron chi connectivity index (χ1n) is 10.1. The van der Waals surface area contributed by atoms with Crippen LogP contribution in [0, 0.1) is 0 Å². The lowest BCUT2D eigenvalue weighted by Crippen LogP contribution is -2.47. The van der Waals surface area contributed by atoms with Crippen LogP contribution in [0.1, 0.15) is 24.2 Å². The van der Waals surface area contributed by atoms with Gasteiger partial charge in [0.2, 0.25) is 0 Å². The van der Waals surface area contributed by atoms with Crippen LogP contribution < -0.4 is 14.4 Å². The predicted octanol–water partition coefficient (Wildman–Crippen LogP) is 2.85. The lowest BCUT2D eigenvalue weighted by molar-refractivity contribution is 0.0606. The molecule has 3 rings (SSSR count). The molecule has 2 aromatic carbocycles. The fraction of sp³-hybridized carbons (Fsp3) is 0.435. The highest BCUT2D eigenvalue weighted by atomic mass is 16.5. The Morgan fingerprint density at radius 1 is 1.31 bits per heavy atom. The van der Waals surface area contributed by atoms with Gasteiger partial charge >= 0.3 is 0 Å². The molecule has 29 heavy (non-hydrogen) atoms. The molecule has 0 saturated heterocycles. The number of rotatable bonds is 9. The average Bonchev–Trinajstić information content (AvgIpc) is 2.71. The third-order valence-electron chi connectivity index (χ3n) is 5.03. The van der Waals surface area contributed by atoms with Crippen molar-refractivity contribution < 1.29 is 19.4 Å². The van der Waals surface area contributed by atoms with Crippen molar-refractivity contribution in [3.63, 3.8) is 0 Å². The number of nitrogens with zero attached hydrogens (tertiary/aromatic N) is 2. The van der Waals surface area contributed by atoms with Gasteiger partial charge in [0.05, 0.1) is 12.2 Å². The van der Waals surface area contributed by atoms with E-state index in [1.165, 1.54) is 6.92 Å². The number of hydrogen-bond acceptors (Lipinski definition) is 6. The molecule has 0 bridgehead atoms. The van der Waals surface area contributed by atoms with Crippen LogP contribution in [0.5, 0.6) is 11.5 Å². The molecule has 6 heteroatoms. The molecule has 0 fully saturated rings. The lowest BCUT2D eigenvalue weighted by Gasteiger charge is -2.37. The molecular weight excluding hydrogens is 368 g/mol. The van der Waals surface area contributed by atoms with E-state index in [0.29, 0.717) is 24.4 Å². The van der Waals surface area contributed by atoms with Gasteiger partial charge in [0.1, 0.15) is 30.3 Å². The second-order valence-electron chi connectivity index (χ2n) is 7.52. The van der Waals surface area contributed by atoms with E-state index in [-0.39, 0.29) is 18.5 Å². The van der Waals surface area contributed by atoms with Gasteiger partial charge in [-0.25, -0.2) is 0 Å². The summed E-state index contributed by atoms with van der Waals surface area (Å²) in [5.41, 5.74) is 1.74. The minimum absolute atomic E-state index is 0.00842. The van der Waals surface area contributed by atoms with Gasteiger partial charge in [0.25, 0.3) is 0 Å². The number of fused-ring (bicyclic) bond motifs is 1. The summed E-state index contributed by atoms with van der Waals surface area (Å²) in [4.78, 5) is 15.8. The SMILES string of the molecule is CCN1C[C@@H](CN(C)C[C@@H](O)COc2cccc(C(C)=O)c2)Oc2ccccc21. The van der Waals surface area contributed by atoms with Crippen LogP contribution in [-0.2, 0) is 0 Å². The van der Waals surface area contributed by atoms with Gasteiger partial charge < -0.3 is 19.5 Å². The fourth-order valence-corrected chi connectivity index (χ4v) is 3.61. The van der Waals surface area contributed by atoms with E-state index in [1.807, 2.05) is 25.2 Å². The summed E-state index contributed by atoms with van der Waals surface area (Å²) in [5, 5.41) is 10.4. The Hall–Kier alpha value is -2.57. The van der Waals surface area contributed by atoms with Crippen LogP contribution in [0.15, 0.2) is 48.5 Å². The summed E-state index contributed by atoms with van der Waals surface area (Å²) in [6.07, 6.45) is -0.602. The number of ketones is 1. The number of aliphatic hydroxyl groups excluding tert-OH is 1. The van der Waals surface area contributed by atoms with Crippen LogP contribution in [0.4, 0.5) is 5.69 Å². The molecule has 0 radical (unpaired) electrons. The second kappa shape index (κ2) is 9.76. The summed E-state index contributed by atoms with van der Waals surface area (Å²) in [7, 11) is 1.97. The van der Waals surface area contributed by atoms with Gasteiger partial charge in [-0.15, -0.1) is 0 Å². The number of carbonyl (C=O) groups is 1. The Bertz CT molecular complexity index is 826. The molecule has 0 spiro atoms. The fourth-order valence-electron chi connectivity index (χ4n) is 3.61. The van der Waals surface area contributed by atoms with Crippen molar-refractivity contribution in [3.05, 3.63) is 54.1 Å². The Morgan fingerprint density at radius 3 is 2.86 bits per heavy atom. The number of aliphatic hydroxyl groups is 1. The third kappa shape index (κ3) is 5.71. The maximum Gasteiger partial charge on any atom is 0.159 e. The molecule has 0 aromatic heterocycles. The number of hydrogen-bond donors (Lipinski definition) is 1. The predicted molar refractivity (Wildman–Crippen MR) is 114 cm³/mol. The topological polar surface area (TPSA) is 62.2 Å². The van der Waals surface area contributed by atoms with Crippen molar-refractivity contribution in [2.45, 2.75) is 26.1 Å². The van der Waals surface area contributed by atoms with Gasteiger partial charge in [0.15, 0.2) is 5.78 Å². The van der Waals surface area contributed by atoms with Crippen molar-refractivity contribution >= 4 is 11.5 Å². The van der Waals surface area contributed by atoms with Crippen LogP contribution in [0.3, 0.4) is 0 Å². The lowest BCUT2D eigenvalue weighted by atomic mass is 10.1. The van der Waals surface area contributed by atoms with Crippen molar-refractivity contribution in [3.8, 4) is 11.5 Å². The van der Waals surface area contributed by atoms with E-state index in [2.05, 4.69) is 22.8 Å². The zero-order valence-electron chi connectivity index (χ0n) is 17.4. The van der Waals surface area contributed by atoms with E-state index >= 15 is 0 Å². The first-order valence-corrected chi connectivity index (χ1v) is 10.1. The molecular formula is C23H30N2O4. The number of benzene rings is 2. The number of Topliss-reactive ketones (excluding diaryl/α,β-unsaturated/α-hetero) is 1. The monoisotopic (exact) mass is 398 g/mol. The zero-order chi connectivity index (χ0) is 20.8. The molecule has 1 aliphatic rings. The van der Waals surface area contributed by atoms with Gasteiger partial charge in [-0.1, -0.05) is 24.3 Å². The summed E-state index contributed by atoms with van der Waals surface area (Å²) in [5.74, 6) is 1.49. The normalized spacial score (nSPS) is 16.9. The number of carbonyl (C=O) groups excluding carboxylic acids is 1. The average molecular weight is 399 g/mol. The number of ether oxygens (including phenoxy) is 2. The maximum atomic E-state index is 11.5. The quantitative estimate of drug-likeness (QED) is 0.656.